The van der Waals surface area contributed by atoms with Crippen LogP contribution in [-0.4, -0.2) is 98.8 Å². The van der Waals surface area contributed by atoms with E-state index in [2.05, 4.69) is 26.5 Å². The maximum Gasteiger partial charge on any atom is 0.100 e. The zero-order valence-corrected chi connectivity index (χ0v) is 15.0. The molecule has 0 N–H and O–H groups in total. The zero-order valence-electron chi connectivity index (χ0n) is 15.0. The van der Waals surface area contributed by atoms with Crippen LogP contribution in [-0.2, 0) is 14.2 Å². The highest BCUT2D eigenvalue weighted by atomic mass is 16.5. The van der Waals surface area contributed by atoms with Crippen LogP contribution in [0.5, 0.6) is 0 Å². The van der Waals surface area contributed by atoms with Gasteiger partial charge < -0.3 is 14.2 Å². The summed E-state index contributed by atoms with van der Waals surface area (Å²) in [6.07, 6.45) is 4.74. The summed E-state index contributed by atoms with van der Waals surface area (Å²) in [6, 6.07) is 0.522. The van der Waals surface area contributed by atoms with E-state index in [0.29, 0.717) is 44.7 Å². The van der Waals surface area contributed by atoms with Crippen LogP contribution < -0.4 is 0 Å². The van der Waals surface area contributed by atoms with Crippen molar-refractivity contribution in [1.82, 2.24) is 19.6 Å². The van der Waals surface area contributed by atoms with Gasteiger partial charge in [-0.2, -0.15) is 0 Å². The van der Waals surface area contributed by atoms with Gasteiger partial charge in [-0.15, -0.1) is 0 Å². The second kappa shape index (κ2) is 7.74. The van der Waals surface area contributed by atoms with Crippen LogP contribution in [0.2, 0.25) is 0 Å². The third-order valence-electron chi connectivity index (χ3n) is 5.59. The van der Waals surface area contributed by atoms with Gasteiger partial charge in [-0.1, -0.05) is 0 Å². The van der Waals surface area contributed by atoms with Gasteiger partial charge in [0.25, 0.3) is 0 Å². The average Bonchev–Trinajstić information content (AvgIpc) is 2.55. The van der Waals surface area contributed by atoms with E-state index in [1.807, 2.05) is 0 Å². The van der Waals surface area contributed by atoms with Gasteiger partial charge in [0.2, 0.25) is 0 Å². The lowest BCUT2D eigenvalue weighted by Crippen LogP contribution is -2.75. The van der Waals surface area contributed by atoms with Gasteiger partial charge in [-0.25, -0.2) is 0 Å². The molecule has 4 atom stereocenters. The Morgan fingerprint density at radius 3 is 1.96 bits per heavy atom. The Bertz CT molecular complexity index is 384. The molecule has 0 aromatic carbocycles. The van der Waals surface area contributed by atoms with Crippen molar-refractivity contribution in [2.75, 3.05) is 54.6 Å². The second-order valence-electron chi connectivity index (χ2n) is 6.94. The van der Waals surface area contributed by atoms with Crippen LogP contribution in [0.3, 0.4) is 0 Å². The van der Waals surface area contributed by atoms with E-state index in [4.69, 9.17) is 14.2 Å². The normalized spacial score (nSPS) is 37.0. The number of hydrogen-bond acceptors (Lipinski definition) is 7. The Hall–Kier alpha value is -0.280. The van der Waals surface area contributed by atoms with Gasteiger partial charge in [0, 0.05) is 40.5 Å². The fourth-order valence-corrected chi connectivity index (χ4v) is 4.65. The molecule has 0 spiro atoms. The van der Waals surface area contributed by atoms with E-state index < -0.39 is 0 Å². The molecule has 0 amide bonds. The molecular weight excluding hydrogens is 296 g/mol. The van der Waals surface area contributed by atoms with Crippen molar-refractivity contribution >= 4 is 0 Å². The van der Waals surface area contributed by atoms with E-state index >= 15 is 0 Å². The number of rotatable bonds is 6. The van der Waals surface area contributed by atoms with Crippen molar-refractivity contribution in [3.8, 4) is 0 Å². The molecule has 23 heavy (non-hydrogen) atoms. The number of nitrogens with zero attached hydrogens (tertiary/aromatic N) is 4. The van der Waals surface area contributed by atoms with Crippen molar-refractivity contribution in [3.05, 3.63) is 0 Å². The monoisotopic (exact) mass is 328 g/mol. The second-order valence-corrected chi connectivity index (χ2v) is 6.94. The predicted octanol–water partition coefficient (Wildman–Crippen LogP) is 0.584. The topological polar surface area (TPSA) is 40.6 Å². The summed E-state index contributed by atoms with van der Waals surface area (Å²) in [6.45, 7) is 6.63. The van der Waals surface area contributed by atoms with Crippen LogP contribution in [0.15, 0.2) is 0 Å². The molecule has 3 aliphatic rings. The molecule has 3 heterocycles. The number of methoxy groups -OCH3 is 3. The molecule has 7 nitrogen and oxygen atoms in total. The smallest absolute Gasteiger partial charge is 0.100 e. The van der Waals surface area contributed by atoms with Gasteiger partial charge in [-0.3, -0.25) is 19.6 Å². The molecular formula is C16H32N4O3. The molecule has 0 saturated carbocycles. The minimum absolute atomic E-state index is 0.446. The lowest BCUT2D eigenvalue weighted by molar-refractivity contribution is -0.242. The van der Waals surface area contributed by atoms with E-state index in [9.17, 15) is 0 Å². The fourth-order valence-electron chi connectivity index (χ4n) is 4.65. The van der Waals surface area contributed by atoms with Crippen LogP contribution in [0.4, 0.5) is 0 Å². The molecule has 7 heteroatoms. The molecule has 3 saturated heterocycles. The van der Waals surface area contributed by atoms with Crippen LogP contribution in [0.25, 0.3) is 0 Å². The molecule has 0 bridgehead atoms. The molecule has 4 unspecified atom stereocenters. The first-order valence-electron chi connectivity index (χ1n) is 8.69. The van der Waals surface area contributed by atoms with Crippen LogP contribution in [0, 0.1) is 0 Å². The Labute approximate surface area is 140 Å². The minimum atomic E-state index is 0.446. The van der Waals surface area contributed by atoms with Crippen molar-refractivity contribution in [1.29, 1.82) is 0 Å². The van der Waals surface area contributed by atoms with Gasteiger partial charge in [0.1, 0.15) is 6.73 Å². The summed E-state index contributed by atoms with van der Waals surface area (Å²) in [4.78, 5) is 10.2. The average molecular weight is 328 g/mol. The minimum Gasteiger partial charge on any atom is -0.369 e. The maximum atomic E-state index is 5.49. The lowest BCUT2D eigenvalue weighted by Gasteiger charge is -2.62. The third kappa shape index (κ3) is 3.28. The van der Waals surface area contributed by atoms with Crippen LogP contribution >= 0.6 is 0 Å². The highest BCUT2D eigenvalue weighted by Gasteiger charge is 2.50. The maximum absolute atomic E-state index is 5.49. The van der Waals surface area contributed by atoms with Crippen molar-refractivity contribution in [2.24, 2.45) is 0 Å². The molecule has 0 radical (unpaired) electrons. The molecule has 0 aliphatic carbocycles. The Kier molecular flexibility index (Phi) is 5.90. The Morgan fingerprint density at radius 2 is 1.35 bits per heavy atom. The lowest BCUT2D eigenvalue weighted by atomic mass is 9.95. The largest absolute Gasteiger partial charge is 0.369 e. The van der Waals surface area contributed by atoms with Gasteiger partial charge >= 0.3 is 0 Å². The fraction of sp³-hybridized carbons (Fsp3) is 1.00. The van der Waals surface area contributed by atoms with E-state index in [-0.39, 0.29) is 0 Å². The van der Waals surface area contributed by atoms with Gasteiger partial charge in [0.15, 0.2) is 0 Å². The Balaban J connectivity index is 1.84. The molecule has 3 rings (SSSR count). The quantitative estimate of drug-likeness (QED) is 0.706. The van der Waals surface area contributed by atoms with E-state index in [1.165, 1.54) is 0 Å². The summed E-state index contributed by atoms with van der Waals surface area (Å²) >= 11 is 0. The zero-order chi connectivity index (χ0) is 16.4. The molecule has 134 valence electrons. The first-order chi connectivity index (χ1) is 11.2. The van der Waals surface area contributed by atoms with Crippen molar-refractivity contribution < 1.29 is 14.2 Å². The predicted molar refractivity (Wildman–Crippen MR) is 87.4 cm³/mol. The van der Waals surface area contributed by atoms with Crippen LogP contribution in [0.1, 0.15) is 26.2 Å². The summed E-state index contributed by atoms with van der Waals surface area (Å²) in [5, 5.41) is 0. The standard InChI is InChI=1S/C16H32N4O3/c1-13-9-16-18(11-22-3)7-5-14-17(10-21-2)8-6-15(20(14)16)19(13)12-23-4/h13-16H,5-12H2,1-4H3. The highest BCUT2D eigenvalue weighted by Crippen LogP contribution is 2.38. The van der Waals surface area contributed by atoms with Crippen molar-refractivity contribution in [3.63, 3.8) is 0 Å². The SMILES string of the molecule is COCN1CCC2N(COC)C(C)CC3N(COC)CCC1N32. The molecule has 0 aromatic rings. The third-order valence-corrected chi connectivity index (χ3v) is 5.59. The highest BCUT2D eigenvalue weighted by molar-refractivity contribution is 4.98. The summed E-state index contributed by atoms with van der Waals surface area (Å²) in [5.41, 5.74) is 0. The van der Waals surface area contributed by atoms with Crippen molar-refractivity contribution in [2.45, 2.75) is 50.7 Å². The van der Waals surface area contributed by atoms with Gasteiger partial charge in [0.05, 0.1) is 32.0 Å². The molecule has 3 fully saturated rings. The number of hydrogen-bond donors (Lipinski definition) is 0. The summed E-state index contributed by atoms with van der Waals surface area (Å²) in [5.74, 6) is 0. The first kappa shape index (κ1) is 17.5. The summed E-state index contributed by atoms with van der Waals surface area (Å²) < 4.78 is 16.4. The molecule has 3 aliphatic heterocycles. The first-order valence-corrected chi connectivity index (χ1v) is 8.69. The van der Waals surface area contributed by atoms with Gasteiger partial charge in [-0.05, 0) is 26.2 Å². The van der Waals surface area contributed by atoms with E-state index in [0.717, 1.165) is 32.4 Å². The van der Waals surface area contributed by atoms with E-state index in [1.54, 1.807) is 21.3 Å². The summed E-state index contributed by atoms with van der Waals surface area (Å²) in [7, 11) is 5.38. The Morgan fingerprint density at radius 1 is 0.783 bits per heavy atom. The number of ether oxygens (including phenoxy) is 3. The molecule has 0 aromatic heterocycles.